The predicted octanol–water partition coefficient (Wildman–Crippen LogP) is 7.44. The number of nitrogens with zero attached hydrogens (tertiary/aromatic N) is 2. The van der Waals surface area contributed by atoms with E-state index in [9.17, 15) is 0 Å². The fourth-order valence-corrected chi connectivity index (χ4v) is 3.74. The van der Waals surface area contributed by atoms with Crippen LogP contribution in [-0.4, -0.2) is 14.8 Å². The number of hydrogen-bond acceptors (Lipinski definition) is 2. The van der Waals surface area contributed by atoms with Crippen LogP contribution in [0.3, 0.4) is 0 Å². The van der Waals surface area contributed by atoms with Crippen molar-refractivity contribution in [2.75, 3.05) is 0 Å². The van der Waals surface area contributed by atoms with Crippen molar-refractivity contribution in [3.63, 3.8) is 0 Å². The van der Waals surface area contributed by atoms with Gasteiger partial charge in [0.05, 0.1) is 11.4 Å². The monoisotopic (exact) mass is 544 g/mol. The number of allylic oxidation sites excluding steroid dienone is 4. The maximum Gasteiger partial charge on any atom is 0.160 e. The van der Waals surface area contributed by atoms with Crippen molar-refractivity contribution in [3.8, 4) is 22.6 Å². The topological polar surface area (TPSA) is 25.8 Å². The molecule has 1 aliphatic carbocycles. The summed E-state index contributed by atoms with van der Waals surface area (Å²) in [6.45, 7) is 0. The molecule has 0 saturated carbocycles. The van der Waals surface area contributed by atoms with Crippen molar-refractivity contribution in [1.29, 1.82) is 0 Å². The maximum absolute atomic E-state index is 4.85. The number of benzene rings is 2. The number of rotatable bonds is 3. The second-order valence-corrected chi connectivity index (χ2v) is 9.25. The van der Waals surface area contributed by atoms with Crippen LogP contribution in [0.5, 0.6) is 0 Å². The third-order valence-electron chi connectivity index (χ3n) is 4.31. The van der Waals surface area contributed by atoms with Gasteiger partial charge < -0.3 is 0 Å². The quantitative estimate of drug-likeness (QED) is 0.319. The predicted molar refractivity (Wildman–Crippen MR) is 123 cm³/mol. The van der Waals surface area contributed by atoms with Crippen LogP contribution >= 0.6 is 47.8 Å². The highest BCUT2D eigenvalue weighted by Crippen LogP contribution is 2.29. The van der Waals surface area contributed by atoms with Crippen LogP contribution in [-0.2, 0) is 0 Å². The van der Waals surface area contributed by atoms with Crippen LogP contribution < -0.4 is 0 Å². The zero-order valence-corrected chi connectivity index (χ0v) is 19.0. The van der Waals surface area contributed by atoms with Gasteiger partial charge in [-0.15, -0.1) is 0 Å². The largest absolute Gasteiger partial charge is 0.228 e. The summed E-state index contributed by atoms with van der Waals surface area (Å²) in [5.74, 6) is 0.730. The number of alkyl halides is 1. The lowest BCUT2D eigenvalue weighted by Crippen LogP contribution is -2.01. The van der Waals surface area contributed by atoms with Gasteiger partial charge in [-0.3, -0.25) is 0 Å². The third-order valence-corrected chi connectivity index (χ3v) is 6.05. The van der Waals surface area contributed by atoms with Gasteiger partial charge in [0.25, 0.3) is 0 Å². The van der Waals surface area contributed by atoms with Crippen LogP contribution in [0.2, 0.25) is 0 Å². The van der Waals surface area contributed by atoms with E-state index in [1.165, 1.54) is 0 Å². The first kappa shape index (κ1) is 18.8. The molecule has 2 nitrogen and oxygen atoms in total. The summed E-state index contributed by atoms with van der Waals surface area (Å²) >= 11 is 10.6. The second kappa shape index (κ2) is 8.21. The number of aromatic nitrogens is 2. The Hall–Kier alpha value is -1.56. The van der Waals surface area contributed by atoms with E-state index < -0.39 is 0 Å². The molecule has 4 rings (SSSR count). The van der Waals surface area contributed by atoms with Gasteiger partial charge in [0.2, 0.25) is 0 Å². The van der Waals surface area contributed by atoms with E-state index in [-0.39, 0.29) is 0 Å². The highest BCUT2D eigenvalue weighted by Gasteiger charge is 2.13. The van der Waals surface area contributed by atoms with Crippen molar-refractivity contribution in [1.82, 2.24) is 9.97 Å². The Morgan fingerprint density at radius 2 is 1.37 bits per heavy atom. The maximum atomic E-state index is 4.85. The van der Waals surface area contributed by atoms with E-state index in [4.69, 9.17) is 9.97 Å². The normalized spacial score (nSPS) is 16.3. The standard InChI is InChI=1S/C22H15Br3N2/c23-17-7-1-14(2-8-17)20-13-21(15-3-9-18(24)10-4-15)27-22(26-20)16-5-11-19(25)12-6-16/h1-9,11-13,18H,10H2. The summed E-state index contributed by atoms with van der Waals surface area (Å²) in [6.07, 6.45) is 7.47. The minimum atomic E-state index is 0.389. The van der Waals surface area contributed by atoms with Crippen LogP contribution in [0.25, 0.3) is 28.2 Å². The Kier molecular flexibility index (Phi) is 5.71. The van der Waals surface area contributed by atoms with Crippen LogP contribution in [0.4, 0.5) is 0 Å². The molecule has 134 valence electrons. The van der Waals surface area contributed by atoms with Crippen LogP contribution in [0, 0.1) is 0 Å². The van der Waals surface area contributed by atoms with E-state index in [0.29, 0.717) is 4.83 Å². The highest BCUT2D eigenvalue weighted by molar-refractivity contribution is 9.10. The fourth-order valence-electron chi connectivity index (χ4n) is 2.88. The first-order valence-corrected chi connectivity index (χ1v) is 11.0. The fraction of sp³-hybridized carbons (Fsp3) is 0.0909. The molecule has 0 aliphatic heterocycles. The summed E-state index contributed by atoms with van der Waals surface area (Å²) < 4.78 is 2.09. The Bertz CT molecular complexity index is 959. The first-order valence-electron chi connectivity index (χ1n) is 8.52. The molecule has 0 radical (unpaired) electrons. The van der Waals surface area contributed by atoms with Gasteiger partial charge in [-0.1, -0.05) is 90.3 Å². The van der Waals surface area contributed by atoms with E-state index in [1.54, 1.807) is 0 Å². The molecule has 1 aromatic heterocycles. The van der Waals surface area contributed by atoms with Crippen molar-refractivity contribution in [2.24, 2.45) is 0 Å². The summed E-state index contributed by atoms with van der Waals surface area (Å²) in [7, 11) is 0. The Balaban J connectivity index is 1.84. The number of halogens is 3. The van der Waals surface area contributed by atoms with Crippen LogP contribution in [0.1, 0.15) is 12.1 Å². The molecular formula is C22H15Br3N2. The molecule has 1 heterocycles. The van der Waals surface area contributed by atoms with Gasteiger partial charge in [-0.25, -0.2) is 9.97 Å². The SMILES string of the molecule is Brc1ccc(-c2cc(C3=CCC(Br)C=C3)nc(-c3ccc(Br)cc3)n2)cc1. The van der Waals surface area contributed by atoms with Crippen molar-refractivity contribution < 1.29 is 0 Å². The molecule has 1 unspecified atom stereocenters. The summed E-state index contributed by atoms with van der Waals surface area (Å²) in [6, 6.07) is 18.4. The highest BCUT2D eigenvalue weighted by atomic mass is 79.9. The average molecular weight is 547 g/mol. The van der Waals surface area contributed by atoms with E-state index in [2.05, 4.69) is 84.2 Å². The van der Waals surface area contributed by atoms with Gasteiger partial charge in [-0.05, 0) is 42.3 Å². The Labute approximate surface area is 183 Å². The first-order chi connectivity index (χ1) is 13.1. The molecule has 0 spiro atoms. The smallest absolute Gasteiger partial charge is 0.160 e. The third kappa shape index (κ3) is 4.48. The molecule has 5 heteroatoms. The molecule has 0 amide bonds. The molecule has 0 saturated heterocycles. The lowest BCUT2D eigenvalue weighted by atomic mass is 10.0. The van der Waals surface area contributed by atoms with Crippen molar-refractivity contribution in [2.45, 2.75) is 11.2 Å². The zero-order valence-electron chi connectivity index (χ0n) is 14.2. The Morgan fingerprint density at radius 1 is 0.778 bits per heavy atom. The Morgan fingerprint density at radius 3 is 1.96 bits per heavy atom. The molecule has 27 heavy (non-hydrogen) atoms. The van der Waals surface area contributed by atoms with Gasteiger partial charge in [0.1, 0.15) is 0 Å². The molecule has 2 aromatic carbocycles. The molecular weight excluding hydrogens is 532 g/mol. The molecule has 0 N–H and O–H groups in total. The average Bonchev–Trinajstić information content (AvgIpc) is 2.69. The summed E-state index contributed by atoms with van der Waals surface area (Å²) in [5.41, 5.74) is 5.05. The van der Waals surface area contributed by atoms with Crippen molar-refractivity contribution in [3.05, 3.63) is 87.5 Å². The zero-order chi connectivity index (χ0) is 18.8. The molecule has 1 atom stereocenters. The van der Waals surface area contributed by atoms with Crippen molar-refractivity contribution >= 4 is 53.4 Å². The van der Waals surface area contributed by atoms with E-state index in [0.717, 1.165) is 49.3 Å². The van der Waals surface area contributed by atoms with E-state index >= 15 is 0 Å². The minimum Gasteiger partial charge on any atom is -0.228 e. The van der Waals surface area contributed by atoms with Gasteiger partial charge in [-0.2, -0.15) is 0 Å². The molecule has 1 aliphatic rings. The van der Waals surface area contributed by atoms with Gasteiger partial charge in [0.15, 0.2) is 5.82 Å². The summed E-state index contributed by atoms with van der Waals surface area (Å²) in [5, 5.41) is 0. The molecule has 0 fully saturated rings. The number of hydrogen-bond donors (Lipinski definition) is 0. The lowest BCUT2D eigenvalue weighted by Gasteiger charge is -2.13. The summed E-state index contributed by atoms with van der Waals surface area (Å²) in [4.78, 5) is 10.1. The van der Waals surface area contributed by atoms with E-state index in [1.807, 2.05) is 36.4 Å². The van der Waals surface area contributed by atoms with Gasteiger partial charge in [0, 0.05) is 24.9 Å². The lowest BCUT2D eigenvalue weighted by molar-refractivity contribution is 1.07. The van der Waals surface area contributed by atoms with Gasteiger partial charge >= 0.3 is 0 Å². The minimum absolute atomic E-state index is 0.389. The second-order valence-electron chi connectivity index (χ2n) is 6.25. The molecule has 3 aromatic rings. The molecule has 0 bridgehead atoms. The van der Waals surface area contributed by atoms with Crippen LogP contribution in [0.15, 0.2) is 81.8 Å².